The van der Waals surface area contributed by atoms with Crippen molar-refractivity contribution in [2.75, 3.05) is 5.32 Å². The van der Waals surface area contributed by atoms with Crippen molar-refractivity contribution in [1.82, 2.24) is 20.3 Å². The lowest BCUT2D eigenvalue weighted by molar-refractivity contribution is -0.122. The van der Waals surface area contributed by atoms with Gasteiger partial charge in [0.05, 0.1) is 5.69 Å². The zero-order valence-electron chi connectivity index (χ0n) is 17.1. The van der Waals surface area contributed by atoms with Crippen LogP contribution in [0.2, 0.25) is 0 Å². The van der Waals surface area contributed by atoms with Crippen molar-refractivity contribution in [3.05, 3.63) is 76.1 Å². The zero-order chi connectivity index (χ0) is 21.0. The molecule has 0 saturated carbocycles. The van der Waals surface area contributed by atoms with Gasteiger partial charge in [0.2, 0.25) is 5.91 Å². The monoisotopic (exact) mass is 391 g/mol. The Morgan fingerprint density at radius 2 is 1.62 bits per heavy atom. The maximum Gasteiger partial charge on any atom is 0.278 e. The van der Waals surface area contributed by atoms with Crippen LogP contribution in [0.25, 0.3) is 0 Å². The second kappa shape index (κ2) is 8.68. The van der Waals surface area contributed by atoms with Gasteiger partial charge in [-0.2, -0.15) is 0 Å². The zero-order valence-corrected chi connectivity index (χ0v) is 17.1. The fraction of sp³-hybridized carbons (Fsp3) is 0.273. The first-order valence-electron chi connectivity index (χ1n) is 9.45. The maximum atomic E-state index is 12.6. The van der Waals surface area contributed by atoms with Crippen LogP contribution in [0.1, 0.15) is 38.4 Å². The molecule has 0 saturated heterocycles. The maximum absolute atomic E-state index is 12.6. The highest BCUT2D eigenvalue weighted by molar-refractivity contribution is 6.04. The second-order valence-electron chi connectivity index (χ2n) is 7.16. The SMILES string of the molecule is Cc1ccc(CNC(=O)Cn2nnc(C(=O)Nc3c(C)cccc3C)c2C)cc1. The third kappa shape index (κ3) is 4.87. The van der Waals surface area contributed by atoms with Crippen molar-refractivity contribution in [2.45, 2.75) is 40.8 Å². The average molecular weight is 391 g/mol. The molecule has 0 spiro atoms. The highest BCUT2D eigenvalue weighted by Crippen LogP contribution is 2.20. The molecular weight excluding hydrogens is 366 g/mol. The van der Waals surface area contributed by atoms with E-state index < -0.39 is 0 Å². The Kier molecular flexibility index (Phi) is 6.07. The Balaban J connectivity index is 1.63. The molecule has 0 fully saturated rings. The third-order valence-corrected chi connectivity index (χ3v) is 4.82. The van der Waals surface area contributed by atoms with Crippen molar-refractivity contribution in [3.8, 4) is 0 Å². The van der Waals surface area contributed by atoms with Crippen LogP contribution >= 0.6 is 0 Å². The molecule has 2 N–H and O–H groups in total. The van der Waals surface area contributed by atoms with E-state index in [4.69, 9.17) is 0 Å². The summed E-state index contributed by atoms with van der Waals surface area (Å²) < 4.78 is 1.43. The molecule has 2 aromatic carbocycles. The molecule has 0 aliphatic rings. The largest absolute Gasteiger partial charge is 0.350 e. The van der Waals surface area contributed by atoms with Gasteiger partial charge in [-0.05, 0) is 44.4 Å². The number of hydrogen-bond donors (Lipinski definition) is 2. The number of hydrogen-bond acceptors (Lipinski definition) is 4. The molecule has 0 aliphatic heterocycles. The number of para-hydroxylation sites is 1. The number of carbonyl (C=O) groups is 2. The van der Waals surface area contributed by atoms with Crippen LogP contribution in [0.4, 0.5) is 5.69 Å². The number of aryl methyl sites for hydroxylation is 3. The van der Waals surface area contributed by atoms with E-state index in [1.54, 1.807) is 6.92 Å². The van der Waals surface area contributed by atoms with Crippen molar-refractivity contribution in [1.29, 1.82) is 0 Å². The fourth-order valence-corrected chi connectivity index (χ4v) is 3.00. The van der Waals surface area contributed by atoms with Crippen LogP contribution in [0.5, 0.6) is 0 Å². The molecule has 2 amide bonds. The van der Waals surface area contributed by atoms with E-state index in [-0.39, 0.29) is 24.1 Å². The molecule has 150 valence electrons. The smallest absolute Gasteiger partial charge is 0.278 e. The molecule has 0 radical (unpaired) electrons. The summed E-state index contributed by atoms with van der Waals surface area (Å²) in [4.78, 5) is 24.9. The van der Waals surface area contributed by atoms with E-state index in [1.807, 2.05) is 63.2 Å². The minimum Gasteiger partial charge on any atom is -0.350 e. The van der Waals surface area contributed by atoms with Crippen LogP contribution in [0.15, 0.2) is 42.5 Å². The van der Waals surface area contributed by atoms with Crippen LogP contribution in [-0.4, -0.2) is 26.8 Å². The first-order chi connectivity index (χ1) is 13.8. The normalized spacial score (nSPS) is 10.6. The van der Waals surface area contributed by atoms with Crippen molar-refractivity contribution < 1.29 is 9.59 Å². The van der Waals surface area contributed by atoms with Gasteiger partial charge in [-0.3, -0.25) is 9.59 Å². The minimum atomic E-state index is -0.341. The lowest BCUT2D eigenvalue weighted by atomic mass is 10.1. The summed E-state index contributed by atoms with van der Waals surface area (Å²) in [6, 6.07) is 13.8. The van der Waals surface area contributed by atoms with Crippen LogP contribution < -0.4 is 10.6 Å². The van der Waals surface area contributed by atoms with E-state index in [0.29, 0.717) is 12.2 Å². The first kappa shape index (κ1) is 20.3. The summed E-state index contributed by atoms with van der Waals surface area (Å²) in [6.07, 6.45) is 0. The number of nitrogens with zero attached hydrogens (tertiary/aromatic N) is 3. The second-order valence-corrected chi connectivity index (χ2v) is 7.16. The quantitative estimate of drug-likeness (QED) is 0.676. The molecule has 0 atom stereocenters. The van der Waals surface area contributed by atoms with Crippen molar-refractivity contribution >= 4 is 17.5 Å². The molecule has 29 heavy (non-hydrogen) atoms. The summed E-state index contributed by atoms with van der Waals surface area (Å²) in [5, 5.41) is 13.7. The Morgan fingerprint density at radius 1 is 0.966 bits per heavy atom. The molecule has 0 bridgehead atoms. The van der Waals surface area contributed by atoms with Gasteiger partial charge in [0.25, 0.3) is 5.91 Å². The van der Waals surface area contributed by atoms with Gasteiger partial charge in [0.1, 0.15) is 6.54 Å². The van der Waals surface area contributed by atoms with E-state index in [1.165, 1.54) is 10.2 Å². The predicted molar refractivity (Wildman–Crippen MR) is 112 cm³/mol. The van der Waals surface area contributed by atoms with E-state index in [0.717, 1.165) is 22.4 Å². The van der Waals surface area contributed by atoms with Crippen LogP contribution in [0.3, 0.4) is 0 Å². The van der Waals surface area contributed by atoms with Gasteiger partial charge in [-0.1, -0.05) is 53.2 Å². The van der Waals surface area contributed by atoms with Crippen molar-refractivity contribution in [2.24, 2.45) is 0 Å². The summed E-state index contributed by atoms with van der Waals surface area (Å²) in [6.45, 7) is 8.06. The topological polar surface area (TPSA) is 88.9 Å². The van der Waals surface area contributed by atoms with Crippen LogP contribution in [0, 0.1) is 27.7 Å². The van der Waals surface area contributed by atoms with E-state index >= 15 is 0 Å². The molecular formula is C22H25N5O2. The summed E-state index contributed by atoms with van der Waals surface area (Å²) >= 11 is 0. The minimum absolute atomic E-state index is 0.00136. The third-order valence-electron chi connectivity index (χ3n) is 4.82. The van der Waals surface area contributed by atoms with Gasteiger partial charge in [0, 0.05) is 12.2 Å². The average Bonchev–Trinajstić information content (AvgIpc) is 3.04. The number of amides is 2. The van der Waals surface area contributed by atoms with E-state index in [9.17, 15) is 9.59 Å². The summed E-state index contributed by atoms with van der Waals surface area (Å²) in [5.74, 6) is -0.536. The van der Waals surface area contributed by atoms with Gasteiger partial charge in [-0.15, -0.1) is 5.10 Å². The number of benzene rings is 2. The summed E-state index contributed by atoms with van der Waals surface area (Å²) in [5.41, 5.74) is 5.65. The number of anilines is 1. The fourth-order valence-electron chi connectivity index (χ4n) is 3.00. The van der Waals surface area contributed by atoms with Gasteiger partial charge >= 0.3 is 0 Å². The predicted octanol–water partition coefficient (Wildman–Crippen LogP) is 3.08. The molecule has 1 aromatic heterocycles. The number of aromatic nitrogens is 3. The molecule has 3 rings (SSSR count). The Morgan fingerprint density at radius 3 is 2.28 bits per heavy atom. The van der Waals surface area contributed by atoms with E-state index in [2.05, 4.69) is 20.9 Å². The molecule has 1 heterocycles. The molecule has 0 unspecified atom stereocenters. The molecule has 7 heteroatoms. The molecule has 3 aromatic rings. The van der Waals surface area contributed by atoms with Gasteiger partial charge < -0.3 is 10.6 Å². The Labute approximate surface area is 170 Å². The first-order valence-corrected chi connectivity index (χ1v) is 9.45. The molecule has 7 nitrogen and oxygen atoms in total. The number of rotatable bonds is 6. The number of nitrogens with one attached hydrogen (secondary N) is 2. The Hall–Kier alpha value is -3.48. The highest BCUT2D eigenvalue weighted by atomic mass is 16.2. The standard InChI is InChI=1S/C22H25N5O2/c1-14-8-10-18(11-9-14)12-23-19(28)13-27-17(4)21(25-26-27)22(29)24-20-15(2)6-5-7-16(20)3/h5-11H,12-13H2,1-4H3,(H,23,28)(H,24,29). The highest BCUT2D eigenvalue weighted by Gasteiger charge is 2.19. The molecule has 0 aliphatic carbocycles. The van der Waals surface area contributed by atoms with Crippen molar-refractivity contribution in [3.63, 3.8) is 0 Å². The lowest BCUT2D eigenvalue weighted by Gasteiger charge is -2.10. The Bertz CT molecular complexity index is 1020. The summed E-state index contributed by atoms with van der Waals surface area (Å²) in [7, 11) is 0. The van der Waals surface area contributed by atoms with Gasteiger partial charge in [0.15, 0.2) is 5.69 Å². The van der Waals surface area contributed by atoms with Gasteiger partial charge in [-0.25, -0.2) is 4.68 Å². The number of carbonyl (C=O) groups excluding carboxylic acids is 2. The lowest BCUT2D eigenvalue weighted by Crippen LogP contribution is -2.28. The van der Waals surface area contributed by atoms with Crippen LogP contribution in [-0.2, 0) is 17.9 Å².